The van der Waals surface area contributed by atoms with Crippen LogP contribution in [0.3, 0.4) is 0 Å². The third-order valence-electron chi connectivity index (χ3n) is 3.04. The number of hydrogen-bond acceptors (Lipinski definition) is 3. The molecule has 0 spiro atoms. The fourth-order valence-corrected chi connectivity index (χ4v) is 2.24. The first kappa shape index (κ1) is 13.7. The monoisotopic (exact) mass is 306 g/mol. The van der Waals surface area contributed by atoms with Gasteiger partial charge >= 0.3 is 0 Å². The smallest absolute Gasteiger partial charge is 0.165 e. The molecule has 0 atom stereocenters. The van der Waals surface area contributed by atoms with Gasteiger partial charge in [-0.2, -0.15) is 0 Å². The molecule has 0 aliphatic rings. The summed E-state index contributed by atoms with van der Waals surface area (Å²) in [6.07, 6.45) is 0. The van der Waals surface area contributed by atoms with Gasteiger partial charge < -0.3 is 4.74 Å². The summed E-state index contributed by atoms with van der Waals surface area (Å²) in [4.78, 5) is 8.29. The highest BCUT2D eigenvalue weighted by atomic mass is 35.5. The maximum Gasteiger partial charge on any atom is 0.165 e. The van der Waals surface area contributed by atoms with E-state index in [1.807, 2.05) is 0 Å². The van der Waals surface area contributed by atoms with Gasteiger partial charge in [-0.1, -0.05) is 17.7 Å². The number of benzene rings is 2. The van der Waals surface area contributed by atoms with Gasteiger partial charge in [-0.3, -0.25) is 0 Å². The van der Waals surface area contributed by atoms with Crippen molar-refractivity contribution in [3.63, 3.8) is 0 Å². The fraction of sp³-hybridized carbons (Fsp3) is 0.0667. The topological polar surface area (TPSA) is 35.0 Å². The molecule has 3 nitrogen and oxygen atoms in total. The van der Waals surface area contributed by atoms with E-state index in [4.69, 9.17) is 16.3 Å². The van der Waals surface area contributed by atoms with Crippen molar-refractivity contribution >= 4 is 22.5 Å². The lowest BCUT2D eigenvalue weighted by atomic mass is 10.1. The first-order valence-electron chi connectivity index (χ1n) is 6.06. The van der Waals surface area contributed by atoms with E-state index in [9.17, 15) is 8.78 Å². The Balaban J connectivity index is 2.23. The largest absolute Gasteiger partial charge is 0.494 e. The summed E-state index contributed by atoms with van der Waals surface area (Å²) in [7, 11) is 1.36. The zero-order chi connectivity index (χ0) is 15.0. The lowest BCUT2D eigenvalue weighted by Crippen LogP contribution is -1.95. The molecule has 0 radical (unpaired) electrons. The maximum atomic E-state index is 13.8. The molecule has 0 aliphatic heterocycles. The summed E-state index contributed by atoms with van der Waals surface area (Å²) in [6.45, 7) is 0. The predicted molar refractivity (Wildman–Crippen MR) is 76.5 cm³/mol. The van der Waals surface area contributed by atoms with Crippen molar-refractivity contribution in [2.45, 2.75) is 0 Å². The van der Waals surface area contributed by atoms with Gasteiger partial charge in [0.15, 0.2) is 17.4 Å². The Morgan fingerprint density at radius 2 is 1.86 bits per heavy atom. The van der Waals surface area contributed by atoms with Gasteiger partial charge in [-0.25, -0.2) is 18.7 Å². The standard InChI is InChI=1S/C15H9ClF2N2O/c1-21-12-7-8(5-6-10(12)17)15-19-13-9(14(16)20-15)3-2-4-11(13)18/h2-7H,1H3. The molecule has 0 amide bonds. The molecule has 3 rings (SSSR count). The molecule has 1 heterocycles. The van der Waals surface area contributed by atoms with E-state index in [1.54, 1.807) is 6.07 Å². The molecule has 0 bridgehead atoms. The molecule has 21 heavy (non-hydrogen) atoms. The van der Waals surface area contributed by atoms with E-state index in [1.165, 1.54) is 37.4 Å². The number of nitrogens with zero attached hydrogens (tertiary/aromatic N) is 2. The Labute approximate surface area is 124 Å². The minimum atomic E-state index is -0.501. The van der Waals surface area contributed by atoms with Crippen LogP contribution in [0.1, 0.15) is 0 Å². The van der Waals surface area contributed by atoms with E-state index >= 15 is 0 Å². The van der Waals surface area contributed by atoms with E-state index in [0.29, 0.717) is 10.9 Å². The van der Waals surface area contributed by atoms with Crippen molar-refractivity contribution in [3.8, 4) is 17.1 Å². The highest BCUT2D eigenvalue weighted by Crippen LogP contribution is 2.28. The van der Waals surface area contributed by atoms with Crippen molar-refractivity contribution in [1.82, 2.24) is 9.97 Å². The van der Waals surface area contributed by atoms with Gasteiger partial charge in [0.05, 0.1) is 7.11 Å². The van der Waals surface area contributed by atoms with Crippen LogP contribution >= 0.6 is 11.6 Å². The van der Waals surface area contributed by atoms with Crippen LogP contribution in [-0.4, -0.2) is 17.1 Å². The number of para-hydroxylation sites is 1. The van der Waals surface area contributed by atoms with Gasteiger partial charge in [0, 0.05) is 10.9 Å². The lowest BCUT2D eigenvalue weighted by molar-refractivity contribution is 0.387. The summed E-state index contributed by atoms with van der Waals surface area (Å²) in [5, 5.41) is 0.562. The molecule has 0 fully saturated rings. The van der Waals surface area contributed by atoms with Crippen LogP contribution in [0.5, 0.6) is 5.75 Å². The fourth-order valence-electron chi connectivity index (χ4n) is 2.01. The molecule has 0 saturated carbocycles. The molecule has 1 aromatic heterocycles. The maximum absolute atomic E-state index is 13.8. The number of hydrogen-bond donors (Lipinski definition) is 0. The van der Waals surface area contributed by atoms with Gasteiger partial charge in [0.25, 0.3) is 0 Å². The highest BCUT2D eigenvalue weighted by Gasteiger charge is 2.12. The molecule has 0 unspecified atom stereocenters. The molecule has 0 aliphatic carbocycles. The molecule has 6 heteroatoms. The molecular weight excluding hydrogens is 298 g/mol. The van der Waals surface area contributed by atoms with Gasteiger partial charge in [0.2, 0.25) is 0 Å². The van der Waals surface area contributed by atoms with Gasteiger partial charge in [-0.15, -0.1) is 0 Å². The second kappa shape index (κ2) is 5.26. The first-order valence-corrected chi connectivity index (χ1v) is 6.43. The van der Waals surface area contributed by atoms with Crippen LogP contribution in [-0.2, 0) is 0 Å². The first-order chi connectivity index (χ1) is 10.1. The Kier molecular flexibility index (Phi) is 3.43. The highest BCUT2D eigenvalue weighted by molar-refractivity contribution is 6.34. The van der Waals surface area contributed by atoms with Crippen LogP contribution < -0.4 is 4.74 Å². The van der Waals surface area contributed by atoms with Gasteiger partial charge in [-0.05, 0) is 30.3 Å². The van der Waals surface area contributed by atoms with Crippen molar-refractivity contribution in [1.29, 1.82) is 0 Å². The molecule has 3 aromatic rings. The van der Waals surface area contributed by atoms with Crippen LogP contribution in [0.2, 0.25) is 5.15 Å². The van der Waals surface area contributed by atoms with Crippen molar-refractivity contribution in [2.24, 2.45) is 0 Å². The van der Waals surface area contributed by atoms with Crippen LogP contribution in [0.4, 0.5) is 8.78 Å². The minimum absolute atomic E-state index is 0.0563. The molecule has 106 valence electrons. The second-order valence-corrected chi connectivity index (χ2v) is 4.68. The van der Waals surface area contributed by atoms with E-state index < -0.39 is 11.6 Å². The van der Waals surface area contributed by atoms with Crippen molar-refractivity contribution in [3.05, 3.63) is 53.2 Å². The SMILES string of the molecule is COc1cc(-c2nc(Cl)c3cccc(F)c3n2)ccc1F. The number of fused-ring (bicyclic) bond motifs is 1. The minimum Gasteiger partial charge on any atom is -0.494 e. The summed E-state index contributed by atoms with van der Waals surface area (Å²) in [5.41, 5.74) is 0.607. The van der Waals surface area contributed by atoms with Gasteiger partial charge in [0.1, 0.15) is 16.5 Å². The molecule has 2 aromatic carbocycles. The van der Waals surface area contributed by atoms with Crippen molar-refractivity contribution < 1.29 is 13.5 Å². The molecule has 0 saturated heterocycles. The normalized spacial score (nSPS) is 10.9. The van der Waals surface area contributed by atoms with Crippen LogP contribution in [0, 0.1) is 11.6 Å². The Bertz CT molecular complexity index is 839. The second-order valence-electron chi connectivity index (χ2n) is 4.32. The van der Waals surface area contributed by atoms with E-state index in [-0.39, 0.29) is 22.2 Å². The third kappa shape index (κ3) is 2.40. The quantitative estimate of drug-likeness (QED) is 0.664. The zero-order valence-corrected chi connectivity index (χ0v) is 11.7. The Morgan fingerprint density at radius 3 is 2.62 bits per heavy atom. The summed E-state index contributed by atoms with van der Waals surface area (Å²) >= 11 is 6.07. The average molecular weight is 307 g/mol. The number of rotatable bonds is 2. The van der Waals surface area contributed by atoms with Crippen molar-refractivity contribution in [2.75, 3.05) is 7.11 Å². The number of methoxy groups -OCH3 is 1. The summed E-state index contributed by atoms with van der Waals surface area (Å²) < 4.78 is 32.2. The average Bonchev–Trinajstić information content (AvgIpc) is 2.48. The lowest BCUT2D eigenvalue weighted by Gasteiger charge is -2.07. The zero-order valence-electron chi connectivity index (χ0n) is 10.9. The predicted octanol–water partition coefficient (Wildman–Crippen LogP) is 4.24. The van der Waals surface area contributed by atoms with E-state index in [2.05, 4.69) is 9.97 Å². The number of halogens is 3. The van der Waals surface area contributed by atoms with Crippen LogP contribution in [0.25, 0.3) is 22.3 Å². The van der Waals surface area contributed by atoms with E-state index in [0.717, 1.165) is 0 Å². The number of aromatic nitrogens is 2. The third-order valence-corrected chi connectivity index (χ3v) is 3.33. The summed E-state index contributed by atoms with van der Waals surface area (Å²) in [5.74, 6) is -0.733. The Morgan fingerprint density at radius 1 is 1.05 bits per heavy atom. The summed E-state index contributed by atoms with van der Waals surface area (Å²) in [6, 6.07) is 8.62. The molecular formula is C15H9ClF2N2O. The van der Waals surface area contributed by atoms with Crippen LogP contribution in [0.15, 0.2) is 36.4 Å². The Hall–Kier alpha value is -2.27. The number of ether oxygens (including phenoxy) is 1. The molecule has 0 N–H and O–H groups in total.